The number of para-hydroxylation sites is 1. The zero-order valence-electron chi connectivity index (χ0n) is 29.5. The van der Waals surface area contributed by atoms with Crippen LogP contribution in [0.5, 0.6) is 0 Å². The van der Waals surface area contributed by atoms with Crippen LogP contribution in [0.4, 0.5) is 0 Å². The molecule has 250 valence electrons. The first-order valence-electron chi connectivity index (χ1n) is 18.1. The van der Waals surface area contributed by atoms with Gasteiger partial charge in [-0.1, -0.05) is 153 Å². The van der Waals surface area contributed by atoms with Gasteiger partial charge in [0.2, 0.25) is 0 Å². The van der Waals surface area contributed by atoms with Crippen molar-refractivity contribution >= 4 is 21.7 Å². The Bertz CT molecular complexity index is 2800. The number of aromatic nitrogens is 4. The molecule has 0 radical (unpaired) electrons. The lowest BCUT2D eigenvalue weighted by molar-refractivity contribution is 0.660. The van der Waals surface area contributed by atoms with E-state index in [4.69, 9.17) is 19.9 Å². The van der Waals surface area contributed by atoms with Crippen molar-refractivity contribution in [2.75, 3.05) is 0 Å². The second-order valence-corrected chi connectivity index (χ2v) is 14.3. The Labute approximate surface area is 308 Å². The van der Waals surface area contributed by atoms with Gasteiger partial charge in [0.1, 0.15) is 0 Å². The van der Waals surface area contributed by atoms with Crippen molar-refractivity contribution in [3.8, 4) is 67.7 Å². The van der Waals surface area contributed by atoms with Crippen molar-refractivity contribution < 1.29 is 0 Å². The van der Waals surface area contributed by atoms with Crippen LogP contribution >= 0.6 is 0 Å². The van der Waals surface area contributed by atoms with Crippen LogP contribution in [0.2, 0.25) is 0 Å². The maximum absolute atomic E-state index is 5.33. The fraction of sp³-hybridized carbons (Fsp3) is 0.0612. The molecule has 0 aliphatic heterocycles. The smallest absolute Gasteiger partial charge is 0.164 e. The van der Waals surface area contributed by atoms with E-state index >= 15 is 0 Å². The van der Waals surface area contributed by atoms with Gasteiger partial charge in [0.05, 0.1) is 11.2 Å². The van der Waals surface area contributed by atoms with Crippen LogP contribution < -0.4 is 0 Å². The van der Waals surface area contributed by atoms with Gasteiger partial charge in [0.15, 0.2) is 17.5 Å². The summed E-state index contributed by atoms with van der Waals surface area (Å²) in [6.07, 6.45) is 0. The van der Waals surface area contributed by atoms with Gasteiger partial charge in [0.25, 0.3) is 0 Å². The minimum atomic E-state index is -0.123. The van der Waals surface area contributed by atoms with Gasteiger partial charge in [0, 0.05) is 38.4 Å². The molecule has 10 rings (SSSR count). The van der Waals surface area contributed by atoms with E-state index in [1.807, 2.05) is 60.7 Å². The second kappa shape index (κ2) is 12.2. The molecule has 0 fully saturated rings. The minimum Gasteiger partial charge on any atom is -0.247 e. The van der Waals surface area contributed by atoms with Crippen molar-refractivity contribution in [2.45, 2.75) is 19.3 Å². The average Bonchev–Trinajstić information content (AvgIpc) is 3.46. The summed E-state index contributed by atoms with van der Waals surface area (Å²) in [6, 6.07) is 59.6. The number of fused-ring (bicyclic) bond motifs is 6. The molecule has 0 saturated heterocycles. The number of hydrogen-bond donors (Lipinski definition) is 0. The van der Waals surface area contributed by atoms with E-state index < -0.39 is 0 Å². The lowest BCUT2D eigenvalue weighted by atomic mass is 9.81. The molecule has 7 aromatic carbocycles. The van der Waals surface area contributed by atoms with Crippen LogP contribution in [0.1, 0.15) is 25.0 Å². The highest BCUT2D eigenvalue weighted by Gasteiger charge is 2.35. The monoisotopic (exact) mass is 678 g/mol. The Hall–Kier alpha value is -6.78. The zero-order valence-corrected chi connectivity index (χ0v) is 29.5. The normalized spacial score (nSPS) is 12.9. The molecular formula is C49H34N4. The van der Waals surface area contributed by atoms with E-state index in [9.17, 15) is 0 Å². The van der Waals surface area contributed by atoms with Crippen LogP contribution in [0.15, 0.2) is 170 Å². The molecule has 4 heteroatoms. The van der Waals surface area contributed by atoms with Crippen LogP contribution in [-0.4, -0.2) is 19.9 Å². The van der Waals surface area contributed by atoms with Gasteiger partial charge in [-0.25, -0.2) is 19.9 Å². The SMILES string of the molecule is CC1(C)c2ccccc2-c2ccc(-c3cc(-c4nc(-c5ccccc5)nc(-c5ccccc5)n4)cc(-c4nc5ccccc5c5ccccc45)c3)cc21. The van der Waals surface area contributed by atoms with E-state index in [1.54, 1.807) is 0 Å². The predicted molar refractivity (Wildman–Crippen MR) is 217 cm³/mol. The lowest BCUT2D eigenvalue weighted by Crippen LogP contribution is -2.14. The quantitative estimate of drug-likeness (QED) is 0.170. The summed E-state index contributed by atoms with van der Waals surface area (Å²) < 4.78 is 0. The van der Waals surface area contributed by atoms with Crippen molar-refractivity contribution in [1.82, 2.24) is 19.9 Å². The summed E-state index contributed by atoms with van der Waals surface area (Å²) >= 11 is 0. The first-order chi connectivity index (χ1) is 26.0. The topological polar surface area (TPSA) is 51.6 Å². The molecule has 0 atom stereocenters. The summed E-state index contributed by atoms with van der Waals surface area (Å²) in [5.74, 6) is 1.88. The Kier molecular flexibility index (Phi) is 7.12. The summed E-state index contributed by atoms with van der Waals surface area (Å²) in [4.78, 5) is 20.6. The molecule has 0 amide bonds. The van der Waals surface area contributed by atoms with Gasteiger partial charge in [-0.3, -0.25) is 0 Å². The second-order valence-electron chi connectivity index (χ2n) is 14.3. The minimum absolute atomic E-state index is 0.123. The molecule has 2 aromatic heterocycles. The van der Waals surface area contributed by atoms with Gasteiger partial charge >= 0.3 is 0 Å². The molecular weight excluding hydrogens is 645 g/mol. The van der Waals surface area contributed by atoms with E-state index in [0.717, 1.165) is 55.4 Å². The maximum atomic E-state index is 5.33. The Balaban J connectivity index is 1.24. The standard InChI is InChI=1S/C49H34N4/c1-49(2)42-23-13-11-20-38(42)39-26-25-33(30-43(39)49)34-27-35(45-41-22-10-9-19-37(41)40-21-12-14-24-44(40)50-45)29-36(28-34)48-52-46(31-15-5-3-6-16-31)51-47(53-48)32-17-7-4-8-18-32/h3-30H,1-2H3. The number of benzene rings is 7. The van der Waals surface area contributed by atoms with Gasteiger partial charge in [-0.05, 0) is 69.1 Å². The van der Waals surface area contributed by atoms with E-state index in [-0.39, 0.29) is 5.41 Å². The molecule has 0 bridgehead atoms. The van der Waals surface area contributed by atoms with Crippen molar-refractivity contribution in [3.05, 3.63) is 181 Å². The average molecular weight is 679 g/mol. The summed E-state index contributed by atoms with van der Waals surface area (Å²) in [7, 11) is 0. The molecule has 0 N–H and O–H groups in total. The maximum Gasteiger partial charge on any atom is 0.164 e. The highest BCUT2D eigenvalue weighted by molar-refractivity contribution is 6.11. The van der Waals surface area contributed by atoms with Gasteiger partial charge in [-0.2, -0.15) is 0 Å². The Morgan fingerprint density at radius 1 is 0.340 bits per heavy atom. The van der Waals surface area contributed by atoms with E-state index in [2.05, 4.69) is 123 Å². The zero-order chi connectivity index (χ0) is 35.5. The lowest BCUT2D eigenvalue weighted by Gasteiger charge is -2.22. The summed E-state index contributed by atoms with van der Waals surface area (Å²) in [5.41, 5.74) is 13.1. The highest BCUT2D eigenvalue weighted by atomic mass is 15.0. The van der Waals surface area contributed by atoms with E-state index in [1.165, 1.54) is 27.6 Å². The molecule has 1 aliphatic carbocycles. The number of pyridine rings is 1. The third kappa shape index (κ3) is 5.22. The number of rotatable bonds is 5. The van der Waals surface area contributed by atoms with Crippen LogP contribution in [-0.2, 0) is 5.41 Å². The fourth-order valence-corrected chi connectivity index (χ4v) is 8.01. The molecule has 53 heavy (non-hydrogen) atoms. The molecule has 2 heterocycles. The molecule has 0 unspecified atom stereocenters. The largest absolute Gasteiger partial charge is 0.247 e. The predicted octanol–water partition coefficient (Wildman–Crippen LogP) is 12.2. The number of nitrogens with zero attached hydrogens (tertiary/aromatic N) is 4. The Morgan fingerprint density at radius 2 is 0.868 bits per heavy atom. The summed E-state index contributed by atoms with van der Waals surface area (Å²) in [6.45, 7) is 4.66. The highest BCUT2D eigenvalue weighted by Crippen LogP contribution is 2.50. The molecule has 1 aliphatic rings. The van der Waals surface area contributed by atoms with Crippen molar-refractivity contribution in [3.63, 3.8) is 0 Å². The van der Waals surface area contributed by atoms with Crippen LogP contribution in [0.3, 0.4) is 0 Å². The third-order valence-electron chi connectivity index (χ3n) is 10.7. The first kappa shape index (κ1) is 31.0. The molecule has 0 spiro atoms. The van der Waals surface area contributed by atoms with Gasteiger partial charge in [-0.15, -0.1) is 0 Å². The fourth-order valence-electron chi connectivity index (χ4n) is 8.01. The first-order valence-corrected chi connectivity index (χ1v) is 18.1. The summed E-state index contributed by atoms with van der Waals surface area (Å²) in [5, 5.41) is 3.42. The van der Waals surface area contributed by atoms with Crippen molar-refractivity contribution in [2.24, 2.45) is 0 Å². The van der Waals surface area contributed by atoms with Crippen LogP contribution in [0, 0.1) is 0 Å². The number of hydrogen-bond acceptors (Lipinski definition) is 4. The van der Waals surface area contributed by atoms with Crippen molar-refractivity contribution in [1.29, 1.82) is 0 Å². The molecule has 9 aromatic rings. The van der Waals surface area contributed by atoms with Gasteiger partial charge < -0.3 is 0 Å². The van der Waals surface area contributed by atoms with E-state index in [0.29, 0.717) is 17.5 Å². The molecule has 4 nitrogen and oxygen atoms in total. The van der Waals surface area contributed by atoms with Crippen LogP contribution in [0.25, 0.3) is 89.4 Å². The third-order valence-corrected chi connectivity index (χ3v) is 10.7. The Morgan fingerprint density at radius 3 is 1.58 bits per heavy atom. The molecule has 0 saturated carbocycles.